The molecule has 0 bridgehead atoms. The van der Waals surface area contributed by atoms with E-state index < -0.39 is 0 Å². The van der Waals surface area contributed by atoms with Crippen LogP contribution in [0.2, 0.25) is 0 Å². The zero-order valence-corrected chi connectivity index (χ0v) is 25.3. The number of hydrogen-bond donors (Lipinski definition) is 2. The van der Waals surface area contributed by atoms with Gasteiger partial charge >= 0.3 is 0 Å². The number of pyridine rings is 3. The van der Waals surface area contributed by atoms with Crippen LogP contribution in [0.3, 0.4) is 0 Å². The molecule has 0 spiro atoms. The first kappa shape index (κ1) is 28.0. The highest BCUT2D eigenvalue weighted by atomic mass is 15.3. The topological polar surface area (TPSA) is 86.9 Å². The van der Waals surface area contributed by atoms with E-state index in [9.17, 15) is 0 Å². The normalized spacial score (nSPS) is 13.7. The molecule has 0 fully saturated rings. The SMILES string of the molecule is N=C1C=C(c2c3ccccc3c(-c3ccccc3)c3ccccc23)C=C/C1=N/Nc1cc(-c2ccccn2)nc(-c2ccccn2)c1. The molecular formula is C41H28N6. The predicted octanol–water partition coefficient (Wildman–Crippen LogP) is 9.62. The Balaban J connectivity index is 1.17. The summed E-state index contributed by atoms with van der Waals surface area (Å²) < 4.78 is 0. The summed E-state index contributed by atoms with van der Waals surface area (Å²) in [7, 11) is 0. The van der Waals surface area contributed by atoms with Gasteiger partial charge in [0.25, 0.3) is 0 Å². The van der Waals surface area contributed by atoms with Gasteiger partial charge in [0.2, 0.25) is 0 Å². The molecule has 3 heterocycles. The lowest BCUT2D eigenvalue weighted by Crippen LogP contribution is -2.14. The van der Waals surface area contributed by atoms with E-state index >= 15 is 0 Å². The van der Waals surface area contributed by atoms with Crippen molar-refractivity contribution in [2.45, 2.75) is 0 Å². The van der Waals surface area contributed by atoms with Gasteiger partial charge in [-0.2, -0.15) is 5.10 Å². The third-order valence-electron chi connectivity index (χ3n) is 8.26. The molecule has 0 saturated carbocycles. The Labute approximate surface area is 272 Å². The zero-order chi connectivity index (χ0) is 31.6. The first-order valence-electron chi connectivity index (χ1n) is 15.4. The Morgan fingerprint density at radius 3 is 1.60 bits per heavy atom. The zero-order valence-electron chi connectivity index (χ0n) is 25.3. The molecule has 4 aromatic carbocycles. The minimum Gasteiger partial charge on any atom is -0.299 e. The summed E-state index contributed by atoms with van der Waals surface area (Å²) >= 11 is 0. The van der Waals surface area contributed by atoms with E-state index in [1.807, 2.05) is 66.7 Å². The van der Waals surface area contributed by atoms with Gasteiger partial charge in [0.15, 0.2) is 0 Å². The molecule has 0 radical (unpaired) electrons. The number of hydrogen-bond acceptors (Lipinski definition) is 6. The maximum Gasteiger partial charge on any atom is 0.108 e. The molecule has 3 aromatic heterocycles. The quantitative estimate of drug-likeness (QED) is 0.112. The van der Waals surface area contributed by atoms with Gasteiger partial charge in [-0.15, -0.1) is 0 Å². The van der Waals surface area contributed by atoms with Gasteiger partial charge in [-0.05, 0) is 92.4 Å². The van der Waals surface area contributed by atoms with E-state index in [0.717, 1.165) is 39.0 Å². The molecule has 1 aliphatic rings. The Morgan fingerprint density at radius 2 is 1.06 bits per heavy atom. The highest BCUT2D eigenvalue weighted by Gasteiger charge is 2.19. The van der Waals surface area contributed by atoms with Crippen LogP contribution in [0.1, 0.15) is 5.56 Å². The summed E-state index contributed by atoms with van der Waals surface area (Å²) in [5, 5.41) is 18.3. The maximum atomic E-state index is 9.01. The molecule has 1 aliphatic carbocycles. The van der Waals surface area contributed by atoms with Crippen LogP contribution >= 0.6 is 0 Å². The van der Waals surface area contributed by atoms with Crippen LogP contribution in [-0.2, 0) is 0 Å². The summed E-state index contributed by atoms with van der Waals surface area (Å²) in [4.78, 5) is 13.8. The lowest BCUT2D eigenvalue weighted by molar-refractivity contribution is 1.21. The molecular weight excluding hydrogens is 576 g/mol. The average Bonchev–Trinajstić information content (AvgIpc) is 3.14. The van der Waals surface area contributed by atoms with Crippen LogP contribution in [0.5, 0.6) is 0 Å². The molecule has 0 atom stereocenters. The van der Waals surface area contributed by atoms with Crippen LogP contribution in [-0.4, -0.2) is 26.4 Å². The van der Waals surface area contributed by atoms with Gasteiger partial charge in [0.1, 0.15) is 5.71 Å². The highest BCUT2D eigenvalue weighted by molar-refractivity contribution is 6.52. The van der Waals surface area contributed by atoms with Gasteiger partial charge in [-0.25, -0.2) is 4.98 Å². The van der Waals surface area contributed by atoms with E-state index in [-0.39, 0.29) is 0 Å². The highest BCUT2D eigenvalue weighted by Crippen LogP contribution is 2.42. The van der Waals surface area contributed by atoms with Crippen LogP contribution < -0.4 is 5.43 Å². The first-order valence-corrected chi connectivity index (χ1v) is 15.4. The van der Waals surface area contributed by atoms with Crippen molar-refractivity contribution in [2.24, 2.45) is 5.10 Å². The smallest absolute Gasteiger partial charge is 0.108 e. The van der Waals surface area contributed by atoms with Crippen molar-refractivity contribution in [1.29, 1.82) is 5.41 Å². The fraction of sp³-hybridized carbons (Fsp3) is 0. The summed E-state index contributed by atoms with van der Waals surface area (Å²) in [6, 6.07) is 42.9. The second kappa shape index (κ2) is 12.1. The van der Waals surface area contributed by atoms with Crippen LogP contribution in [0.4, 0.5) is 5.69 Å². The molecule has 222 valence electrons. The number of fused-ring (bicyclic) bond motifs is 2. The number of nitrogens with one attached hydrogen (secondary N) is 2. The van der Waals surface area contributed by atoms with Crippen molar-refractivity contribution in [3.05, 3.63) is 164 Å². The Kier molecular flexibility index (Phi) is 7.21. The lowest BCUT2D eigenvalue weighted by Gasteiger charge is -2.19. The Morgan fingerprint density at radius 1 is 0.532 bits per heavy atom. The lowest BCUT2D eigenvalue weighted by atomic mass is 9.84. The van der Waals surface area contributed by atoms with E-state index in [1.165, 1.54) is 21.9 Å². The number of benzene rings is 4. The molecule has 0 amide bonds. The largest absolute Gasteiger partial charge is 0.299 e. The predicted molar refractivity (Wildman–Crippen MR) is 193 cm³/mol. The van der Waals surface area contributed by atoms with Gasteiger partial charge in [-0.3, -0.25) is 20.8 Å². The molecule has 0 aliphatic heterocycles. The molecule has 7 aromatic rings. The average molecular weight is 605 g/mol. The molecule has 2 N–H and O–H groups in total. The molecule has 0 saturated heterocycles. The summed E-state index contributed by atoms with van der Waals surface area (Å²) in [6.07, 6.45) is 9.36. The number of allylic oxidation sites excluding steroid dienone is 4. The van der Waals surface area contributed by atoms with Gasteiger partial charge in [0.05, 0.1) is 34.2 Å². The first-order chi connectivity index (χ1) is 23.2. The number of rotatable bonds is 6. The minimum atomic E-state index is 0.319. The molecule has 8 rings (SSSR count). The summed E-state index contributed by atoms with van der Waals surface area (Å²) in [6.45, 7) is 0. The van der Waals surface area contributed by atoms with Crippen molar-refractivity contribution >= 4 is 44.2 Å². The van der Waals surface area contributed by atoms with Crippen molar-refractivity contribution in [2.75, 3.05) is 5.43 Å². The fourth-order valence-electron chi connectivity index (χ4n) is 6.16. The molecule has 6 heteroatoms. The molecule has 47 heavy (non-hydrogen) atoms. The minimum absolute atomic E-state index is 0.319. The van der Waals surface area contributed by atoms with Crippen LogP contribution in [0.25, 0.3) is 61.0 Å². The second-order valence-electron chi connectivity index (χ2n) is 11.2. The van der Waals surface area contributed by atoms with Crippen molar-refractivity contribution < 1.29 is 0 Å². The van der Waals surface area contributed by atoms with E-state index in [1.54, 1.807) is 12.4 Å². The molecule has 0 unspecified atom stereocenters. The van der Waals surface area contributed by atoms with E-state index in [4.69, 9.17) is 10.4 Å². The van der Waals surface area contributed by atoms with Crippen molar-refractivity contribution in [3.8, 4) is 33.9 Å². The monoisotopic (exact) mass is 604 g/mol. The van der Waals surface area contributed by atoms with Crippen molar-refractivity contribution in [1.82, 2.24) is 15.0 Å². The van der Waals surface area contributed by atoms with Gasteiger partial charge < -0.3 is 0 Å². The van der Waals surface area contributed by atoms with E-state index in [2.05, 4.69) is 99.4 Å². The van der Waals surface area contributed by atoms with Crippen LogP contribution in [0, 0.1) is 5.41 Å². The fourth-order valence-corrected chi connectivity index (χ4v) is 6.16. The summed E-state index contributed by atoms with van der Waals surface area (Å²) in [5.74, 6) is 0. The maximum absolute atomic E-state index is 9.01. The van der Waals surface area contributed by atoms with E-state index in [0.29, 0.717) is 22.8 Å². The van der Waals surface area contributed by atoms with Crippen molar-refractivity contribution in [3.63, 3.8) is 0 Å². The molecule has 6 nitrogen and oxygen atoms in total. The standard InChI is InChI=1S/C41H28N6/c42-34-24-28(41-32-16-6-4-14-30(32)40(27-12-2-1-3-13-27)31-15-5-7-17-33(31)41)20-21-35(34)47-46-29-25-38(36-18-8-10-22-43-36)45-39(26-29)37-19-9-11-23-44-37/h1-26,42H,(H,45,46)/b42-34?,47-35-. The second-order valence-corrected chi connectivity index (χ2v) is 11.2. The number of hydrazone groups is 1. The number of aromatic nitrogens is 3. The van der Waals surface area contributed by atoms with Gasteiger partial charge in [-0.1, -0.05) is 97.1 Å². The third kappa shape index (κ3) is 5.38. The Hall–Kier alpha value is -6.53. The van der Waals surface area contributed by atoms with Gasteiger partial charge in [0, 0.05) is 12.4 Å². The number of anilines is 1. The Bertz CT molecular complexity index is 2260. The van der Waals surface area contributed by atoms with Crippen LogP contribution in [0.15, 0.2) is 163 Å². The summed E-state index contributed by atoms with van der Waals surface area (Å²) in [5.41, 5.74) is 12.1. The number of nitrogens with zero attached hydrogens (tertiary/aromatic N) is 4. The third-order valence-corrected chi connectivity index (χ3v) is 8.26.